The van der Waals surface area contributed by atoms with Crippen LogP contribution in [-0.4, -0.2) is 17.8 Å². The Morgan fingerprint density at radius 2 is 2.06 bits per heavy atom. The number of carbonyl (C=O) groups excluding carboxylic acids is 2. The van der Waals surface area contributed by atoms with Crippen LogP contribution < -0.4 is 10.1 Å². The molecule has 0 spiro atoms. The van der Waals surface area contributed by atoms with E-state index in [4.69, 9.17) is 0 Å². The number of hydrogen-bond acceptors (Lipinski definition) is 3. The molecule has 0 fully saturated rings. The van der Waals surface area contributed by atoms with Gasteiger partial charge in [0.2, 0.25) is 0 Å². The molecule has 1 aromatic rings. The first kappa shape index (κ1) is 11.4. The first-order valence-corrected chi connectivity index (χ1v) is 4.54. The van der Waals surface area contributed by atoms with Gasteiger partial charge in [-0.1, -0.05) is 0 Å². The molecule has 0 radical (unpaired) electrons. The third kappa shape index (κ3) is 1.73. The number of fused-ring (bicyclic) bond motifs is 1. The second-order valence-corrected chi connectivity index (χ2v) is 3.43. The fraction of sp³-hybridized carbons (Fsp3) is 0.200. The highest BCUT2D eigenvalue weighted by Gasteiger charge is 2.48. The molecule has 17 heavy (non-hydrogen) atoms. The summed E-state index contributed by atoms with van der Waals surface area (Å²) in [6.07, 6.45) is -4.12. The van der Waals surface area contributed by atoms with E-state index >= 15 is 0 Å². The zero-order chi connectivity index (χ0) is 12.8. The number of Topliss-reactive ketones (excluding diaryl/α,β-unsaturated/α-hetero) is 1. The SMILES string of the molecule is CC(=O)c1ccc(F)c2c1OC(F)(F)C(=O)N2. The van der Waals surface area contributed by atoms with Crippen LogP contribution in [0, 0.1) is 5.82 Å². The van der Waals surface area contributed by atoms with E-state index in [1.807, 2.05) is 0 Å². The highest BCUT2D eigenvalue weighted by atomic mass is 19.3. The Morgan fingerprint density at radius 1 is 1.41 bits per heavy atom. The van der Waals surface area contributed by atoms with Gasteiger partial charge in [-0.2, -0.15) is 8.78 Å². The lowest BCUT2D eigenvalue weighted by atomic mass is 10.1. The number of alkyl halides is 2. The molecule has 0 aliphatic carbocycles. The van der Waals surface area contributed by atoms with Gasteiger partial charge in [-0.3, -0.25) is 9.59 Å². The second-order valence-electron chi connectivity index (χ2n) is 3.43. The zero-order valence-electron chi connectivity index (χ0n) is 8.51. The fourth-order valence-electron chi connectivity index (χ4n) is 1.42. The van der Waals surface area contributed by atoms with E-state index in [1.54, 1.807) is 5.32 Å². The summed E-state index contributed by atoms with van der Waals surface area (Å²) in [6.45, 7) is 1.12. The molecule has 2 rings (SSSR count). The van der Waals surface area contributed by atoms with Crippen molar-refractivity contribution in [2.24, 2.45) is 0 Å². The Labute approximate surface area is 93.4 Å². The standard InChI is InChI=1S/C10H6F3NO3/c1-4(15)5-2-3-6(11)7-8(5)17-10(12,13)9(16)14-7/h2-3H,1H3,(H,14,16). The van der Waals surface area contributed by atoms with E-state index in [1.165, 1.54) is 0 Å². The van der Waals surface area contributed by atoms with Gasteiger partial charge in [-0.15, -0.1) is 0 Å². The molecule has 90 valence electrons. The summed E-state index contributed by atoms with van der Waals surface area (Å²) in [6, 6.07) is 1.91. The highest BCUT2D eigenvalue weighted by Crippen LogP contribution is 2.39. The van der Waals surface area contributed by atoms with E-state index < -0.39 is 35.1 Å². The number of amides is 1. The molecule has 1 heterocycles. The van der Waals surface area contributed by atoms with Crippen LogP contribution in [-0.2, 0) is 4.79 Å². The lowest BCUT2D eigenvalue weighted by Crippen LogP contribution is -2.44. The van der Waals surface area contributed by atoms with Gasteiger partial charge in [0.05, 0.1) is 5.56 Å². The van der Waals surface area contributed by atoms with Crippen molar-refractivity contribution < 1.29 is 27.5 Å². The van der Waals surface area contributed by atoms with Crippen LogP contribution in [0.25, 0.3) is 0 Å². The third-order valence-electron chi connectivity index (χ3n) is 2.22. The van der Waals surface area contributed by atoms with E-state index in [0.29, 0.717) is 0 Å². The normalized spacial score (nSPS) is 16.8. The van der Waals surface area contributed by atoms with E-state index in [9.17, 15) is 22.8 Å². The van der Waals surface area contributed by atoms with Gasteiger partial charge < -0.3 is 10.1 Å². The van der Waals surface area contributed by atoms with Gasteiger partial charge in [0.25, 0.3) is 0 Å². The first-order chi connectivity index (χ1) is 7.83. The summed E-state index contributed by atoms with van der Waals surface area (Å²) < 4.78 is 43.4. The van der Waals surface area contributed by atoms with Gasteiger partial charge in [0.15, 0.2) is 17.3 Å². The van der Waals surface area contributed by atoms with Crippen LogP contribution in [0.15, 0.2) is 12.1 Å². The topological polar surface area (TPSA) is 55.4 Å². The molecule has 0 saturated heterocycles. The molecule has 0 bridgehead atoms. The average molecular weight is 245 g/mol. The van der Waals surface area contributed by atoms with Gasteiger partial charge in [0.1, 0.15) is 5.69 Å². The molecule has 0 aromatic heterocycles. The maximum absolute atomic E-state index is 13.3. The summed E-state index contributed by atoms with van der Waals surface area (Å²) >= 11 is 0. The summed E-state index contributed by atoms with van der Waals surface area (Å²) in [5.74, 6) is -3.95. The van der Waals surface area contributed by atoms with Crippen LogP contribution in [0.3, 0.4) is 0 Å². The number of halogens is 3. The predicted octanol–water partition coefficient (Wildman–Crippen LogP) is 1.95. The van der Waals surface area contributed by atoms with Gasteiger partial charge in [-0.25, -0.2) is 4.39 Å². The number of nitrogens with one attached hydrogen (secondary N) is 1. The predicted molar refractivity (Wildman–Crippen MR) is 50.6 cm³/mol. The highest BCUT2D eigenvalue weighted by molar-refractivity contribution is 6.04. The van der Waals surface area contributed by atoms with Crippen molar-refractivity contribution in [1.29, 1.82) is 0 Å². The number of carbonyl (C=O) groups is 2. The van der Waals surface area contributed by atoms with E-state index in [0.717, 1.165) is 19.1 Å². The van der Waals surface area contributed by atoms with Crippen molar-refractivity contribution in [3.8, 4) is 5.75 Å². The minimum absolute atomic E-state index is 0.221. The fourth-order valence-corrected chi connectivity index (χ4v) is 1.42. The number of benzene rings is 1. The average Bonchev–Trinajstić information content (AvgIpc) is 2.20. The molecule has 1 N–H and O–H groups in total. The first-order valence-electron chi connectivity index (χ1n) is 4.54. The molecule has 0 unspecified atom stereocenters. The Balaban J connectivity index is 2.64. The number of rotatable bonds is 1. The third-order valence-corrected chi connectivity index (χ3v) is 2.22. The molecule has 1 aliphatic heterocycles. The summed E-state index contributed by atoms with van der Waals surface area (Å²) in [4.78, 5) is 22.0. The minimum Gasteiger partial charge on any atom is -0.422 e. The van der Waals surface area contributed by atoms with Crippen molar-refractivity contribution in [3.05, 3.63) is 23.5 Å². The summed E-state index contributed by atoms with van der Waals surface area (Å²) in [7, 11) is 0. The van der Waals surface area contributed by atoms with Gasteiger partial charge in [0, 0.05) is 0 Å². The molecule has 1 amide bonds. The van der Waals surface area contributed by atoms with Crippen LogP contribution in [0.5, 0.6) is 5.75 Å². The molecular weight excluding hydrogens is 239 g/mol. The van der Waals surface area contributed by atoms with Crippen molar-refractivity contribution in [2.45, 2.75) is 13.0 Å². The Bertz CT molecular complexity index is 528. The Morgan fingerprint density at radius 3 is 2.65 bits per heavy atom. The van der Waals surface area contributed by atoms with Gasteiger partial charge in [-0.05, 0) is 19.1 Å². The van der Waals surface area contributed by atoms with E-state index in [2.05, 4.69) is 4.74 Å². The van der Waals surface area contributed by atoms with Crippen LogP contribution in [0.4, 0.5) is 18.9 Å². The smallest absolute Gasteiger partial charge is 0.422 e. The van der Waals surface area contributed by atoms with Crippen LogP contribution in [0.2, 0.25) is 0 Å². The number of ketones is 1. The van der Waals surface area contributed by atoms with Crippen molar-refractivity contribution in [1.82, 2.24) is 0 Å². The second kappa shape index (κ2) is 3.47. The quantitative estimate of drug-likeness (QED) is 0.769. The number of ether oxygens (including phenoxy) is 1. The van der Waals surface area contributed by atoms with Crippen molar-refractivity contribution in [2.75, 3.05) is 5.32 Å². The van der Waals surface area contributed by atoms with Crippen molar-refractivity contribution in [3.63, 3.8) is 0 Å². The Kier molecular flexibility index (Phi) is 2.34. The molecule has 4 nitrogen and oxygen atoms in total. The summed E-state index contributed by atoms with van der Waals surface area (Å²) in [5.41, 5.74) is -0.769. The van der Waals surface area contributed by atoms with Crippen LogP contribution >= 0.6 is 0 Å². The maximum Gasteiger partial charge on any atom is 0.482 e. The lowest BCUT2D eigenvalue weighted by molar-refractivity contribution is -0.189. The molecule has 0 atom stereocenters. The number of hydrogen-bond donors (Lipinski definition) is 1. The molecule has 1 aliphatic rings. The molecule has 0 saturated carbocycles. The zero-order valence-corrected chi connectivity index (χ0v) is 8.51. The maximum atomic E-state index is 13.3. The lowest BCUT2D eigenvalue weighted by Gasteiger charge is -2.26. The van der Waals surface area contributed by atoms with Gasteiger partial charge >= 0.3 is 12.0 Å². The number of anilines is 1. The monoisotopic (exact) mass is 245 g/mol. The molecule has 1 aromatic carbocycles. The molecular formula is C10H6F3NO3. The minimum atomic E-state index is -4.12. The van der Waals surface area contributed by atoms with E-state index in [-0.39, 0.29) is 5.56 Å². The van der Waals surface area contributed by atoms with Crippen molar-refractivity contribution >= 4 is 17.4 Å². The summed E-state index contributed by atoms with van der Waals surface area (Å²) in [5, 5.41) is 1.67. The Hall–Kier alpha value is -2.05. The molecule has 7 heteroatoms. The largest absolute Gasteiger partial charge is 0.482 e. The van der Waals surface area contributed by atoms with Crippen LogP contribution in [0.1, 0.15) is 17.3 Å².